The first-order chi connectivity index (χ1) is 8.85. The Hall–Kier alpha value is -1.13. The molecular formula is C14H21N3S. The second-order valence-electron chi connectivity index (χ2n) is 4.41. The minimum atomic E-state index is 0.314. The number of thiophene rings is 1. The van der Waals surface area contributed by atoms with E-state index in [0.717, 1.165) is 31.8 Å². The van der Waals surface area contributed by atoms with E-state index in [9.17, 15) is 0 Å². The minimum absolute atomic E-state index is 0.314. The van der Waals surface area contributed by atoms with E-state index in [0.29, 0.717) is 6.04 Å². The lowest BCUT2D eigenvalue weighted by atomic mass is 10.1. The Morgan fingerprint density at radius 2 is 2.33 bits per heavy atom. The van der Waals surface area contributed by atoms with Crippen molar-refractivity contribution in [2.24, 2.45) is 0 Å². The Balaban J connectivity index is 2.14. The van der Waals surface area contributed by atoms with Crippen LogP contribution in [-0.2, 0) is 13.0 Å². The van der Waals surface area contributed by atoms with Crippen molar-refractivity contribution in [3.05, 3.63) is 40.6 Å². The second kappa shape index (κ2) is 6.71. The van der Waals surface area contributed by atoms with Crippen LogP contribution < -0.4 is 5.32 Å². The predicted molar refractivity (Wildman–Crippen MR) is 77.0 cm³/mol. The van der Waals surface area contributed by atoms with Crippen molar-refractivity contribution >= 4 is 11.3 Å². The highest BCUT2D eigenvalue weighted by molar-refractivity contribution is 7.07. The third-order valence-electron chi connectivity index (χ3n) is 3.06. The topological polar surface area (TPSA) is 29.9 Å². The zero-order valence-electron chi connectivity index (χ0n) is 11.1. The average molecular weight is 263 g/mol. The van der Waals surface area contributed by atoms with Crippen molar-refractivity contribution in [1.29, 1.82) is 0 Å². The fourth-order valence-corrected chi connectivity index (χ4v) is 2.80. The van der Waals surface area contributed by atoms with Gasteiger partial charge in [0.1, 0.15) is 5.82 Å². The summed E-state index contributed by atoms with van der Waals surface area (Å²) in [5.41, 5.74) is 1.39. The van der Waals surface area contributed by atoms with E-state index in [1.54, 1.807) is 11.3 Å². The second-order valence-corrected chi connectivity index (χ2v) is 5.19. The number of nitrogens with zero attached hydrogens (tertiary/aromatic N) is 2. The molecule has 98 valence electrons. The summed E-state index contributed by atoms with van der Waals surface area (Å²) >= 11 is 1.76. The molecule has 0 spiro atoms. The van der Waals surface area contributed by atoms with Crippen molar-refractivity contribution in [2.75, 3.05) is 6.54 Å². The number of hydrogen-bond acceptors (Lipinski definition) is 3. The number of rotatable bonds is 7. The Morgan fingerprint density at radius 3 is 3.00 bits per heavy atom. The van der Waals surface area contributed by atoms with Gasteiger partial charge in [0, 0.05) is 18.9 Å². The van der Waals surface area contributed by atoms with Gasteiger partial charge < -0.3 is 9.88 Å². The van der Waals surface area contributed by atoms with Crippen LogP contribution in [0.3, 0.4) is 0 Å². The summed E-state index contributed by atoms with van der Waals surface area (Å²) in [5, 5.41) is 7.97. The molecule has 0 amide bonds. The van der Waals surface area contributed by atoms with Gasteiger partial charge in [0.05, 0.1) is 6.04 Å². The molecule has 3 nitrogen and oxygen atoms in total. The molecule has 0 radical (unpaired) electrons. The molecule has 4 heteroatoms. The molecule has 0 aliphatic carbocycles. The summed E-state index contributed by atoms with van der Waals surface area (Å²) in [5.74, 6) is 1.15. The molecule has 2 heterocycles. The van der Waals surface area contributed by atoms with Crippen molar-refractivity contribution in [1.82, 2.24) is 14.9 Å². The molecule has 2 rings (SSSR count). The molecule has 0 aliphatic heterocycles. The van der Waals surface area contributed by atoms with Gasteiger partial charge in [-0.15, -0.1) is 0 Å². The third kappa shape index (κ3) is 3.21. The molecule has 0 aliphatic rings. The fourth-order valence-electron chi connectivity index (χ4n) is 2.12. The lowest BCUT2D eigenvalue weighted by Crippen LogP contribution is -2.26. The van der Waals surface area contributed by atoms with Gasteiger partial charge in [-0.3, -0.25) is 0 Å². The predicted octanol–water partition coefficient (Wildman–Crippen LogP) is 3.25. The van der Waals surface area contributed by atoms with Gasteiger partial charge in [-0.25, -0.2) is 4.98 Å². The van der Waals surface area contributed by atoms with Crippen LogP contribution in [0, 0.1) is 0 Å². The first-order valence-corrected chi connectivity index (χ1v) is 7.54. The highest BCUT2D eigenvalue weighted by Gasteiger charge is 2.16. The fraction of sp³-hybridized carbons (Fsp3) is 0.500. The van der Waals surface area contributed by atoms with E-state index in [4.69, 9.17) is 0 Å². The van der Waals surface area contributed by atoms with E-state index >= 15 is 0 Å². The minimum Gasteiger partial charge on any atom is -0.334 e. The number of hydrogen-bond donors (Lipinski definition) is 1. The lowest BCUT2D eigenvalue weighted by molar-refractivity contribution is 0.482. The molecule has 2 aromatic rings. The van der Waals surface area contributed by atoms with Gasteiger partial charge in [0.2, 0.25) is 0 Å². The maximum atomic E-state index is 4.52. The molecule has 0 saturated carbocycles. The molecule has 0 saturated heterocycles. The summed E-state index contributed by atoms with van der Waals surface area (Å²) in [4.78, 5) is 4.52. The van der Waals surface area contributed by atoms with E-state index in [-0.39, 0.29) is 0 Å². The van der Waals surface area contributed by atoms with Gasteiger partial charge >= 0.3 is 0 Å². The Morgan fingerprint density at radius 1 is 1.44 bits per heavy atom. The molecule has 1 unspecified atom stereocenters. The normalized spacial score (nSPS) is 12.8. The first kappa shape index (κ1) is 13.3. The molecule has 0 bridgehead atoms. The Kier molecular flexibility index (Phi) is 4.96. The zero-order chi connectivity index (χ0) is 12.8. The van der Waals surface area contributed by atoms with Crippen molar-refractivity contribution in [3.8, 4) is 0 Å². The van der Waals surface area contributed by atoms with Crippen LogP contribution in [-0.4, -0.2) is 16.1 Å². The maximum absolute atomic E-state index is 4.52. The van der Waals surface area contributed by atoms with Crippen molar-refractivity contribution in [3.63, 3.8) is 0 Å². The summed E-state index contributed by atoms with van der Waals surface area (Å²) in [6.45, 7) is 6.36. The third-order valence-corrected chi connectivity index (χ3v) is 3.79. The van der Waals surface area contributed by atoms with E-state index in [1.165, 1.54) is 5.56 Å². The lowest BCUT2D eigenvalue weighted by Gasteiger charge is -2.18. The standard InChI is InChI=1S/C14H21N3S/c1-3-6-15-13(10-12-5-9-18-11-12)14-16-7-8-17(14)4-2/h5,7-9,11,13,15H,3-4,6,10H2,1-2H3. The number of aryl methyl sites for hydroxylation is 1. The molecule has 18 heavy (non-hydrogen) atoms. The van der Waals surface area contributed by atoms with E-state index in [1.807, 2.05) is 6.20 Å². The number of imidazole rings is 1. The SMILES string of the molecule is CCCNC(Cc1ccsc1)c1nccn1CC. The molecule has 0 fully saturated rings. The van der Waals surface area contributed by atoms with Crippen LogP contribution >= 0.6 is 11.3 Å². The van der Waals surface area contributed by atoms with Crippen LogP contribution in [0.1, 0.15) is 37.7 Å². The average Bonchev–Trinajstić information content (AvgIpc) is 3.04. The Labute approximate surface area is 113 Å². The molecule has 1 atom stereocenters. The molecule has 0 aromatic carbocycles. The number of aromatic nitrogens is 2. The largest absolute Gasteiger partial charge is 0.334 e. The molecular weight excluding hydrogens is 242 g/mol. The van der Waals surface area contributed by atoms with Gasteiger partial charge in [0.25, 0.3) is 0 Å². The van der Waals surface area contributed by atoms with Crippen molar-refractivity contribution < 1.29 is 0 Å². The quantitative estimate of drug-likeness (QED) is 0.831. The molecule has 1 N–H and O–H groups in total. The van der Waals surface area contributed by atoms with Gasteiger partial charge in [-0.2, -0.15) is 11.3 Å². The zero-order valence-corrected chi connectivity index (χ0v) is 11.9. The van der Waals surface area contributed by atoms with Crippen LogP contribution in [0.4, 0.5) is 0 Å². The maximum Gasteiger partial charge on any atom is 0.126 e. The van der Waals surface area contributed by atoms with Crippen LogP contribution in [0.25, 0.3) is 0 Å². The van der Waals surface area contributed by atoms with Crippen LogP contribution in [0.2, 0.25) is 0 Å². The monoisotopic (exact) mass is 263 g/mol. The van der Waals surface area contributed by atoms with Gasteiger partial charge in [-0.1, -0.05) is 6.92 Å². The summed E-state index contributed by atoms with van der Waals surface area (Å²) in [7, 11) is 0. The summed E-state index contributed by atoms with van der Waals surface area (Å²) in [6.07, 6.45) is 6.12. The first-order valence-electron chi connectivity index (χ1n) is 6.60. The molecule has 2 aromatic heterocycles. The van der Waals surface area contributed by atoms with E-state index < -0.39 is 0 Å². The highest BCUT2D eigenvalue weighted by Crippen LogP contribution is 2.19. The van der Waals surface area contributed by atoms with E-state index in [2.05, 4.69) is 51.7 Å². The van der Waals surface area contributed by atoms with Crippen LogP contribution in [0.5, 0.6) is 0 Å². The van der Waals surface area contributed by atoms with Crippen LogP contribution in [0.15, 0.2) is 29.2 Å². The Bertz CT molecular complexity index is 447. The summed E-state index contributed by atoms with van der Waals surface area (Å²) in [6, 6.07) is 2.51. The smallest absolute Gasteiger partial charge is 0.126 e. The van der Waals surface area contributed by atoms with Gasteiger partial charge in [-0.05, 0) is 48.7 Å². The number of nitrogens with one attached hydrogen (secondary N) is 1. The summed E-state index contributed by atoms with van der Waals surface area (Å²) < 4.78 is 2.22. The van der Waals surface area contributed by atoms with Gasteiger partial charge in [0.15, 0.2) is 0 Å². The van der Waals surface area contributed by atoms with Crippen molar-refractivity contribution in [2.45, 2.75) is 39.3 Å². The highest BCUT2D eigenvalue weighted by atomic mass is 32.1.